The molecule has 0 aliphatic rings. The first-order valence-corrected chi connectivity index (χ1v) is 7.09. The standard InChI is InChI=1S/C13H8ClN5OS/c14-13-19-18-12(21-13)11(20)17-9-6-15-10(16-7-9)8-4-2-1-3-5-8/h1-7H,(H,17,20). The van der Waals surface area contributed by atoms with Crippen LogP contribution in [0.4, 0.5) is 5.69 Å². The summed E-state index contributed by atoms with van der Waals surface area (Å²) in [5, 5.41) is 10.1. The first-order chi connectivity index (χ1) is 10.2. The van der Waals surface area contributed by atoms with E-state index in [-0.39, 0.29) is 9.47 Å². The van der Waals surface area contributed by atoms with Crippen molar-refractivity contribution in [3.8, 4) is 11.4 Å². The number of hydrogen-bond donors (Lipinski definition) is 1. The maximum atomic E-state index is 11.9. The lowest BCUT2D eigenvalue weighted by atomic mass is 10.2. The van der Waals surface area contributed by atoms with Crippen molar-refractivity contribution in [3.63, 3.8) is 0 Å². The van der Waals surface area contributed by atoms with Crippen LogP contribution in [0, 0.1) is 0 Å². The number of nitrogens with one attached hydrogen (secondary N) is 1. The normalized spacial score (nSPS) is 10.3. The van der Waals surface area contributed by atoms with E-state index in [2.05, 4.69) is 25.5 Å². The molecule has 0 saturated heterocycles. The van der Waals surface area contributed by atoms with E-state index in [4.69, 9.17) is 11.6 Å². The minimum Gasteiger partial charge on any atom is -0.317 e. The first-order valence-electron chi connectivity index (χ1n) is 5.90. The van der Waals surface area contributed by atoms with Gasteiger partial charge in [-0.3, -0.25) is 4.79 Å². The molecule has 0 unspecified atom stereocenters. The lowest BCUT2D eigenvalue weighted by molar-refractivity contribution is 0.102. The van der Waals surface area contributed by atoms with Crippen LogP contribution in [0.3, 0.4) is 0 Å². The Morgan fingerprint density at radius 2 is 1.81 bits per heavy atom. The number of amides is 1. The van der Waals surface area contributed by atoms with E-state index in [0.717, 1.165) is 16.9 Å². The molecule has 0 atom stereocenters. The van der Waals surface area contributed by atoms with E-state index in [1.54, 1.807) is 0 Å². The van der Waals surface area contributed by atoms with Gasteiger partial charge in [0.05, 0.1) is 18.1 Å². The van der Waals surface area contributed by atoms with Crippen LogP contribution < -0.4 is 5.32 Å². The largest absolute Gasteiger partial charge is 0.317 e. The highest BCUT2D eigenvalue weighted by Crippen LogP contribution is 2.17. The number of hydrogen-bond acceptors (Lipinski definition) is 6. The number of aromatic nitrogens is 4. The van der Waals surface area contributed by atoms with E-state index in [0.29, 0.717) is 11.5 Å². The Balaban J connectivity index is 1.74. The quantitative estimate of drug-likeness (QED) is 0.803. The van der Waals surface area contributed by atoms with E-state index in [9.17, 15) is 4.79 Å². The summed E-state index contributed by atoms with van der Waals surface area (Å²) in [5.74, 6) is 0.197. The fraction of sp³-hybridized carbons (Fsp3) is 0. The molecule has 2 heterocycles. The van der Waals surface area contributed by atoms with Crippen molar-refractivity contribution in [2.45, 2.75) is 0 Å². The molecule has 1 amide bonds. The van der Waals surface area contributed by atoms with Crippen LogP contribution in [0.15, 0.2) is 42.7 Å². The third kappa shape index (κ3) is 3.21. The van der Waals surface area contributed by atoms with Crippen molar-refractivity contribution in [3.05, 3.63) is 52.2 Å². The Hall–Kier alpha value is -2.38. The van der Waals surface area contributed by atoms with E-state index < -0.39 is 5.91 Å². The highest BCUT2D eigenvalue weighted by atomic mass is 35.5. The topological polar surface area (TPSA) is 80.7 Å². The van der Waals surface area contributed by atoms with Crippen LogP contribution in [0.5, 0.6) is 0 Å². The van der Waals surface area contributed by atoms with Gasteiger partial charge in [-0.2, -0.15) is 0 Å². The second-order valence-electron chi connectivity index (χ2n) is 3.98. The van der Waals surface area contributed by atoms with Gasteiger partial charge in [0.15, 0.2) is 5.82 Å². The molecule has 3 aromatic rings. The number of rotatable bonds is 3. The van der Waals surface area contributed by atoms with Crippen LogP contribution in [0.2, 0.25) is 4.47 Å². The molecule has 0 aliphatic heterocycles. The van der Waals surface area contributed by atoms with Gasteiger partial charge in [-0.1, -0.05) is 41.7 Å². The molecule has 8 heteroatoms. The molecule has 0 saturated carbocycles. The summed E-state index contributed by atoms with van der Waals surface area (Å²) in [6, 6.07) is 9.57. The van der Waals surface area contributed by atoms with Gasteiger partial charge in [0.1, 0.15) is 0 Å². The zero-order valence-corrected chi connectivity index (χ0v) is 12.1. The monoisotopic (exact) mass is 317 g/mol. The van der Waals surface area contributed by atoms with Gasteiger partial charge in [0, 0.05) is 5.56 Å². The minimum absolute atomic E-state index is 0.187. The number of carbonyl (C=O) groups excluding carboxylic acids is 1. The zero-order chi connectivity index (χ0) is 14.7. The van der Waals surface area contributed by atoms with Gasteiger partial charge in [-0.05, 0) is 11.6 Å². The summed E-state index contributed by atoms with van der Waals surface area (Å²) in [7, 11) is 0. The summed E-state index contributed by atoms with van der Waals surface area (Å²) in [5.41, 5.74) is 1.39. The van der Waals surface area contributed by atoms with Crippen molar-refractivity contribution >= 4 is 34.5 Å². The lowest BCUT2D eigenvalue weighted by Gasteiger charge is -2.03. The molecule has 0 bridgehead atoms. The molecular weight excluding hydrogens is 310 g/mol. The van der Waals surface area contributed by atoms with Crippen molar-refractivity contribution in [1.82, 2.24) is 20.2 Å². The molecular formula is C13H8ClN5OS. The van der Waals surface area contributed by atoms with Gasteiger partial charge in [0.2, 0.25) is 9.47 Å². The van der Waals surface area contributed by atoms with Crippen LogP contribution in [0.1, 0.15) is 9.80 Å². The Bertz CT molecular complexity index is 760. The highest BCUT2D eigenvalue weighted by molar-refractivity contribution is 7.17. The number of benzene rings is 1. The highest BCUT2D eigenvalue weighted by Gasteiger charge is 2.12. The maximum Gasteiger partial charge on any atom is 0.286 e. The van der Waals surface area contributed by atoms with Crippen LogP contribution in [-0.4, -0.2) is 26.1 Å². The second-order valence-corrected chi connectivity index (χ2v) is 5.54. The molecule has 0 aliphatic carbocycles. The first kappa shape index (κ1) is 13.6. The summed E-state index contributed by atoms with van der Waals surface area (Å²) in [6.45, 7) is 0. The average Bonchev–Trinajstić information content (AvgIpc) is 2.96. The maximum absolute atomic E-state index is 11.9. The second kappa shape index (κ2) is 5.94. The van der Waals surface area contributed by atoms with Gasteiger partial charge < -0.3 is 5.32 Å². The fourth-order valence-corrected chi connectivity index (χ4v) is 2.33. The van der Waals surface area contributed by atoms with Crippen molar-refractivity contribution in [2.75, 3.05) is 5.32 Å². The fourth-order valence-electron chi connectivity index (χ4n) is 1.61. The van der Waals surface area contributed by atoms with Crippen LogP contribution in [-0.2, 0) is 0 Å². The third-order valence-electron chi connectivity index (χ3n) is 2.54. The molecule has 2 aromatic heterocycles. The molecule has 0 radical (unpaired) electrons. The molecule has 6 nitrogen and oxygen atoms in total. The van der Waals surface area contributed by atoms with Gasteiger partial charge >= 0.3 is 0 Å². The molecule has 0 fully saturated rings. The summed E-state index contributed by atoms with van der Waals surface area (Å²) >= 11 is 6.64. The average molecular weight is 318 g/mol. The molecule has 1 aromatic carbocycles. The van der Waals surface area contributed by atoms with E-state index in [1.165, 1.54) is 12.4 Å². The zero-order valence-electron chi connectivity index (χ0n) is 10.5. The predicted octanol–water partition coefficient (Wildman–Crippen LogP) is 2.90. The predicted molar refractivity (Wildman–Crippen MR) is 80.3 cm³/mol. The van der Waals surface area contributed by atoms with E-state index in [1.807, 2.05) is 30.3 Å². The SMILES string of the molecule is O=C(Nc1cnc(-c2ccccc2)nc1)c1nnc(Cl)s1. The molecule has 21 heavy (non-hydrogen) atoms. The van der Waals surface area contributed by atoms with Crippen molar-refractivity contribution in [2.24, 2.45) is 0 Å². The summed E-state index contributed by atoms with van der Waals surface area (Å²) in [6.07, 6.45) is 3.08. The Morgan fingerprint density at radius 1 is 1.10 bits per heavy atom. The number of carbonyl (C=O) groups is 1. The van der Waals surface area contributed by atoms with E-state index >= 15 is 0 Å². The van der Waals surface area contributed by atoms with Crippen LogP contribution >= 0.6 is 22.9 Å². The molecule has 3 rings (SSSR count). The molecule has 104 valence electrons. The van der Waals surface area contributed by atoms with Crippen molar-refractivity contribution < 1.29 is 4.79 Å². The Morgan fingerprint density at radius 3 is 2.43 bits per heavy atom. The lowest BCUT2D eigenvalue weighted by Crippen LogP contribution is -2.12. The molecule has 0 spiro atoms. The Kier molecular flexibility index (Phi) is 3.85. The number of halogens is 1. The van der Waals surface area contributed by atoms with Crippen LogP contribution in [0.25, 0.3) is 11.4 Å². The smallest absolute Gasteiger partial charge is 0.286 e. The van der Waals surface area contributed by atoms with Gasteiger partial charge in [-0.25, -0.2) is 9.97 Å². The minimum atomic E-state index is -0.393. The third-order valence-corrected chi connectivity index (χ3v) is 3.55. The summed E-state index contributed by atoms with van der Waals surface area (Å²) in [4.78, 5) is 20.3. The summed E-state index contributed by atoms with van der Waals surface area (Å²) < 4.78 is 0.218. The van der Waals surface area contributed by atoms with Crippen molar-refractivity contribution in [1.29, 1.82) is 0 Å². The number of nitrogens with zero attached hydrogens (tertiary/aromatic N) is 4. The number of anilines is 1. The molecule has 1 N–H and O–H groups in total. The van der Waals surface area contributed by atoms with Gasteiger partial charge in [0.25, 0.3) is 5.91 Å². The Labute approximate surface area is 128 Å². The van der Waals surface area contributed by atoms with Gasteiger partial charge in [-0.15, -0.1) is 10.2 Å².